The summed E-state index contributed by atoms with van der Waals surface area (Å²) >= 11 is 1.63. The highest BCUT2D eigenvalue weighted by Crippen LogP contribution is 2.34. The lowest BCUT2D eigenvalue weighted by molar-refractivity contribution is -0.149. The molecule has 0 saturated heterocycles. The van der Waals surface area contributed by atoms with Crippen LogP contribution in [0.15, 0.2) is 35.1 Å². The third kappa shape index (κ3) is 3.37. The van der Waals surface area contributed by atoms with Gasteiger partial charge in [-0.25, -0.2) is 9.78 Å². The Hall–Kier alpha value is -2.47. The van der Waals surface area contributed by atoms with Gasteiger partial charge in [-0.2, -0.15) is 0 Å². The van der Waals surface area contributed by atoms with Gasteiger partial charge in [0.05, 0.1) is 5.39 Å². The molecule has 0 bridgehead atoms. The molecule has 6 heteroatoms. The minimum absolute atomic E-state index is 0.106. The maximum atomic E-state index is 13.4. The van der Waals surface area contributed by atoms with Gasteiger partial charge in [-0.05, 0) is 50.2 Å². The van der Waals surface area contributed by atoms with E-state index in [2.05, 4.69) is 4.98 Å². The van der Waals surface area contributed by atoms with Crippen LogP contribution < -0.4 is 5.56 Å². The van der Waals surface area contributed by atoms with Crippen molar-refractivity contribution in [2.45, 2.75) is 58.6 Å². The van der Waals surface area contributed by atoms with Crippen molar-refractivity contribution < 1.29 is 9.53 Å². The summed E-state index contributed by atoms with van der Waals surface area (Å²) in [6, 6.07) is 8.91. The Labute approximate surface area is 168 Å². The second kappa shape index (κ2) is 7.87. The van der Waals surface area contributed by atoms with E-state index < -0.39 is 6.04 Å². The number of carbonyl (C=O) groups is 1. The molecular weight excluding hydrogens is 372 g/mol. The van der Waals surface area contributed by atoms with E-state index in [1.807, 2.05) is 37.3 Å². The molecule has 5 nitrogen and oxygen atoms in total. The summed E-state index contributed by atoms with van der Waals surface area (Å²) in [5.74, 6) is 0.182. The molecule has 0 saturated carbocycles. The fourth-order valence-corrected chi connectivity index (χ4v) is 5.26. The first-order valence-corrected chi connectivity index (χ1v) is 10.7. The third-order valence-corrected chi connectivity index (χ3v) is 6.58. The molecule has 0 aliphatic heterocycles. The normalized spacial score (nSPS) is 14.6. The van der Waals surface area contributed by atoms with E-state index in [-0.39, 0.29) is 18.1 Å². The number of thiophene rings is 1. The van der Waals surface area contributed by atoms with Gasteiger partial charge in [-0.3, -0.25) is 9.36 Å². The number of nitrogens with zero attached hydrogens (tertiary/aromatic N) is 2. The van der Waals surface area contributed by atoms with E-state index in [1.54, 1.807) is 18.3 Å². The summed E-state index contributed by atoms with van der Waals surface area (Å²) in [5.41, 5.74) is 1.96. The fraction of sp³-hybridized carbons (Fsp3) is 0.409. The van der Waals surface area contributed by atoms with E-state index in [1.165, 1.54) is 9.44 Å². The van der Waals surface area contributed by atoms with Gasteiger partial charge in [0.1, 0.15) is 23.3 Å². The van der Waals surface area contributed by atoms with Gasteiger partial charge in [0.2, 0.25) is 0 Å². The number of aromatic nitrogens is 2. The average molecular weight is 397 g/mol. The summed E-state index contributed by atoms with van der Waals surface area (Å²) < 4.78 is 7.07. The molecular formula is C22H24N2O3S. The fourth-order valence-electron chi connectivity index (χ4n) is 3.97. The Morgan fingerprint density at radius 1 is 1.25 bits per heavy atom. The van der Waals surface area contributed by atoms with Crippen molar-refractivity contribution in [3.05, 3.63) is 62.5 Å². The van der Waals surface area contributed by atoms with Gasteiger partial charge in [0.15, 0.2) is 0 Å². The molecule has 0 radical (unpaired) electrons. The molecule has 3 aromatic rings. The van der Waals surface area contributed by atoms with E-state index in [0.717, 1.165) is 41.6 Å². The minimum Gasteiger partial charge on any atom is -0.459 e. The highest BCUT2D eigenvalue weighted by Gasteiger charge is 2.27. The summed E-state index contributed by atoms with van der Waals surface area (Å²) in [7, 11) is 0. The molecule has 1 aromatic carbocycles. The second-order valence-corrected chi connectivity index (χ2v) is 8.33. The summed E-state index contributed by atoms with van der Waals surface area (Å²) in [4.78, 5) is 33.0. The molecule has 1 unspecified atom stereocenters. The van der Waals surface area contributed by atoms with Crippen LogP contribution in [-0.4, -0.2) is 15.5 Å². The van der Waals surface area contributed by atoms with Crippen LogP contribution in [0.1, 0.15) is 54.1 Å². The summed E-state index contributed by atoms with van der Waals surface area (Å²) in [6.07, 6.45) is 4.68. The number of benzene rings is 1. The van der Waals surface area contributed by atoms with Crippen LogP contribution in [0.3, 0.4) is 0 Å². The highest BCUT2D eigenvalue weighted by molar-refractivity contribution is 7.18. The van der Waals surface area contributed by atoms with Crippen molar-refractivity contribution in [2.75, 3.05) is 0 Å². The molecule has 1 atom stereocenters. The number of aryl methyl sites for hydroxylation is 3. The van der Waals surface area contributed by atoms with Crippen LogP contribution in [0.5, 0.6) is 0 Å². The molecule has 4 rings (SSSR count). The van der Waals surface area contributed by atoms with E-state index >= 15 is 0 Å². The lowest BCUT2D eigenvalue weighted by atomic mass is 9.97. The van der Waals surface area contributed by atoms with Crippen molar-refractivity contribution >= 4 is 27.5 Å². The van der Waals surface area contributed by atoms with Gasteiger partial charge in [0.25, 0.3) is 5.56 Å². The Morgan fingerprint density at radius 3 is 2.75 bits per heavy atom. The third-order valence-electron chi connectivity index (χ3n) is 5.39. The predicted molar refractivity (Wildman–Crippen MR) is 111 cm³/mol. The maximum Gasteiger partial charge on any atom is 0.329 e. The Kier molecular flexibility index (Phi) is 5.31. The van der Waals surface area contributed by atoms with Gasteiger partial charge < -0.3 is 4.74 Å². The van der Waals surface area contributed by atoms with E-state index in [4.69, 9.17) is 4.74 Å². The smallest absolute Gasteiger partial charge is 0.329 e. The number of rotatable bonds is 5. The van der Waals surface area contributed by atoms with Gasteiger partial charge in [-0.1, -0.05) is 37.3 Å². The zero-order valence-corrected chi connectivity index (χ0v) is 17.1. The van der Waals surface area contributed by atoms with Gasteiger partial charge in [-0.15, -0.1) is 11.3 Å². The van der Waals surface area contributed by atoms with E-state index in [9.17, 15) is 9.59 Å². The zero-order valence-electron chi connectivity index (χ0n) is 16.2. The molecule has 0 spiro atoms. The molecule has 0 amide bonds. The first kappa shape index (κ1) is 18.9. The molecule has 1 aliphatic carbocycles. The van der Waals surface area contributed by atoms with E-state index in [0.29, 0.717) is 17.6 Å². The monoisotopic (exact) mass is 396 g/mol. The molecule has 28 heavy (non-hydrogen) atoms. The maximum absolute atomic E-state index is 13.4. The van der Waals surface area contributed by atoms with Gasteiger partial charge in [0, 0.05) is 4.88 Å². The van der Waals surface area contributed by atoms with Crippen LogP contribution >= 0.6 is 11.3 Å². The first-order valence-electron chi connectivity index (χ1n) is 9.84. The Balaban J connectivity index is 1.69. The van der Waals surface area contributed by atoms with Crippen molar-refractivity contribution in [3.63, 3.8) is 0 Å². The quantitative estimate of drug-likeness (QED) is 0.602. The minimum atomic E-state index is -0.660. The summed E-state index contributed by atoms with van der Waals surface area (Å²) in [6.45, 7) is 3.90. The van der Waals surface area contributed by atoms with Crippen LogP contribution in [-0.2, 0) is 29.0 Å². The van der Waals surface area contributed by atoms with Crippen molar-refractivity contribution in [3.8, 4) is 0 Å². The number of hydrogen-bond donors (Lipinski definition) is 0. The molecule has 0 fully saturated rings. The molecule has 1 aliphatic rings. The van der Waals surface area contributed by atoms with Crippen molar-refractivity contribution in [1.82, 2.24) is 9.55 Å². The average Bonchev–Trinajstić information content (AvgIpc) is 3.08. The van der Waals surface area contributed by atoms with Gasteiger partial charge >= 0.3 is 5.97 Å². The number of ether oxygens (including phenoxy) is 1. The largest absolute Gasteiger partial charge is 0.459 e. The lowest BCUT2D eigenvalue weighted by Crippen LogP contribution is -2.33. The van der Waals surface area contributed by atoms with Crippen molar-refractivity contribution in [2.24, 2.45) is 0 Å². The Bertz CT molecular complexity index is 1070. The molecule has 0 N–H and O–H groups in total. The van der Waals surface area contributed by atoms with Crippen LogP contribution in [0.25, 0.3) is 10.2 Å². The van der Waals surface area contributed by atoms with Crippen LogP contribution in [0, 0.1) is 6.92 Å². The standard InChI is InChI=1S/C22H24N2O3S/c1-3-17(22(26)27-13-15-9-5-4-6-10-15)24-14(2)23-20-19(21(24)25)16-11-7-8-12-18(16)28-20/h4-6,9-10,17H,3,7-8,11-13H2,1-2H3. The first-order chi connectivity index (χ1) is 13.6. The highest BCUT2D eigenvalue weighted by atomic mass is 32.1. The van der Waals surface area contributed by atoms with Crippen LogP contribution in [0.2, 0.25) is 0 Å². The second-order valence-electron chi connectivity index (χ2n) is 7.24. The lowest BCUT2D eigenvalue weighted by Gasteiger charge is -2.19. The SMILES string of the molecule is CCC(C(=O)OCc1ccccc1)n1c(C)nc2sc3c(c2c1=O)CCCC3. The molecule has 2 heterocycles. The zero-order chi connectivity index (χ0) is 19.7. The van der Waals surface area contributed by atoms with Crippen LogP contribution in [0.4, 0.5) is 0 Å². The number of hydrogen-bond acceptors (Lipinski definition) is 5. The number of fused-ring (bicyclic) bond motifs is 3. The van der Waals surface area contributed by atoms with Crippen molar-refractivity contribution in [1.29, 1.82) is 0 Å². The Morgan fingerprint density at radius 2 is 2.00 bits per heavy atom. The molecule has 2 aromatic heterocycles. The number of carbonyl (C=O) groups excluding carboxylic acids is 1. The summed E-state index contributed by atoms with van der Waals surface area (Å²) in [5, 5.41) is 0.708. The number of esters is 1. The topological polar surface area (TPSA) is 61.2 Å². The molecule has 146 valence electrons. The predicted octanol–water partition coefficient (Wildman–Crippen LogP) is 4.34.